The molecule has 3 unspecified atom stereocenters. The molecule has 0 radical (unpaired) electrons. The number of hydrogen-bond donors (Lipinski definition) is 4. The van der Waals surface area contributed by atoms with Gasteiger partial charge in [-0.15, -0.1) is 0 Å². The van der Waals surface area contributed by atoms with Crippen LogP contribution in [0.1, 0.15) is 12.8 Å². The molecule has 12 heavy (non-hydrogen) atoms. The quantitative estimate of drug-likeness (QED) is 0.336. The van der Waals surface area contributed by atoms with E-state index >= 15 is 0 Å². The number of hydrogen-bond acceptors (Lipinski definition) is 5. The van der Waals surface area contributed by atoms with Crippen LogP contribution in [-0.2, 0) is 0 Å². The predicted molar refractivity (Wildman–Crippen MR) is 38.9 cm³/mol. The highest BCUT2D eigenvalue weighted by Gasteiger charge is 2.52. The maximum atomic E-state index is 9.39. The van der Waals surface area contributed by atoms with Crippen LogP contribution < -0.4 is 0 Å². The van der Waals surface area contributed by atoms with Crippen molar-refractivity contribution in [1.29, 1.82) is 0 Å². The highest BCUT2D eigenvalue weighted by atomic mass is 16.4. The molecule has 2 fully saturated rings. The van der Waals surface area contributed by atoms with Gasteiger partial charge in [0.2, 0.25) is 0 Å². The van der Waals surface area contributed by atoms with Crippen molar-refractivity contribution in [1.82, 2.24) is 4.90 Å². The van der Waals surface area contributed by atoms with Crippen LogP contribution in [0, 0.1) is 0 Å². The normalized spacial score (nSPS) is 54.5. The summed E-state index contributed by atoms with van der Waals surface area (Å²) in [6.45, 7) is 0. The molecule has 0 aromatic rings. The molecule has 2 aliphatic rings. The fourth-order valence-corrected chi connectivity index (χ4v) is 2.14. The number of rotatable bonds is 0. The van der Waals surface area contributed by atoms with Crippen molar-refractivity contribution in [2.45, 2.75) is 43.5 Å². The van der Waals surface area contributed by atoms with Gasteiger partial charge < -0.3 is 20.4 Å². The van der Waals surface area contributed by atoms with Gasteiger partial charge in [-0.1, -0.05) is 0 Å². The number of aliphatic hydroxyl groups excluding tert-OH is 4. The van der Waals surface area contributed by atoms with Crippen LogP contribution in [0.2, 0.25) is 0 Å². The summed E-state index contributed by atoms with van der Waals surface area (Å²) < 4.78 is 0. The van der Waals surface area contributed by atoms with E-state index in [1.807, 2.05) is 0 Å². The molecule has 0 bridgehead atoms. The van der Waals surface area contributed by atoms with E-state index in [0.29, 0.717) is 12.8 Å². The SMILES string of the molecule is OC1CCC2[C@H](O)[C@@H](O)C(O)N12. The average Bonchev–Trinajstić information content (AvgIpc) is 2.51. The zero-order valence-electron chi connectivity index (χ0n) is 6.54. The van der Waals surface area contributed by atoms with Gasteiger partial charge in [-0.25, -0.2) is 4.90 Å². The number of fused-ring (bicyclic) bond motifs is 1. The van der Waals surface area contributed by atoms with Gasteiger partial charge in [0.15, 0.2) is 0 Å². The van der Waals surface area contributed by atoms with E-state index < -0.39 is 24.7 Å². The van der Waals surface area contributed by atoms with Gasteiger partial charge >= 0.3 is 0 Å². The summed E-state index contributed by atoms with van der Waals surface area (Å²) in [5.41, 5.74) is 0. The van der Waals surface area contributed by atoms with Crippen LogP contribution in [0.4, 0.5) is 0 Å². The Kier molecular flexibility index (Phi) is 1.85. The molecule has 2 saturated heterocycles. The summed E-state index contributed by atoms with van der Waals surface area (Å²) in [5, 5.41) is 37.3. The first-order valence-corrected chi connectivity index (χ1v) is 4.12. The molecule has 5 heteroatoms. The summed E-state index contributed by atoms with van der Waals surface area (Å²) in [4.78, 5) is 1.37. The second kappa shape index (κ2) is 2.65. The lowest BCUT2D eigenvalue weighted by Gasteiger charge is -2.23. The predicted octanol–water partition coefficient (Wildman–Crippen LogP) is -2.18. The van der Waals surface area contributed by atoms with Crippen molar-refractivity contribution in [3.63, 3.8) is 0 Å². The third-order valence-electron chi connectivity index (χ3n) is 2.80. The molecule has 2 heterocycles. The lowest BCUT2D eigenvalue weighted by Crippen LogP contribution is -2.41. The average molecular weight is 175 g/mol. The third kappa shape index (κ3) is 0.915. The summed E-state index contributed by atoms with van der Waals surface area (Å²) >= 11 is 0. The van der Waals surface area contributed by atoms with Gasteiger partial charge in [0.25, 0.3) is 0 Å². The van der Waals surface area contributed by atoms with Crippen LogP contribution >= 0.6 is 0 Å². The van der Waals surface area contributed by atoms with E-state index in [-0.39, 0.29) is 6.04 Å². The molecule has 0 aromatic heterocycles. The molecule has 0 saturated carbocycles. The first-order chi connectivity index (χ1) is 5.63. The van der Waals surface area contributed by atoms with E-state index in [9.17, 15) is 20.4 Å². The zero-order chi connectivity index (χ0) is 8.88. The van der Waals surface area contributed by atoms with E-state index in [1.54, 1.807) is 0 Å². The van der Waals surface area contributed by atoms with E-state index in [0.717, 1.165) is 0 Å². The maximum absolute atomic E-state index is 9.39. The molecule has 70 valence electrons. The van der Waals surface area contributed by atoms with Crippen molar-refractivity contribution in [2.75, 3.05) is 0 Å². The first-order valence-electron chi connectivity index (χ1n) is 4.12. The molecule has 5 atom stereocenters. The van der Waals surface area contributed by atoms with Crippen LogP contribution in [0.5, 0.6) is 0 Å². The minimum absolute atomic E-state index is 0.287. The molecule has 2 aliphatic heterocycles. The monoisotopic (exact) mass is 175 g/mol. The molecule has 0 aromatic carbocycles. The molecule has 5 nitrogen and oxygen atoms in total. The van der Waals surface area contributed by atoms with Gasteiger partial charge in [0.05, 0.1) is 6.10 Å². The molecule has 0 aliphatic carbocycles. The van der Waals surface area contributed by atoms with Crippen LogP contribution in [-0.4, -0.2) is 56.0 Å². The van der Waals surface area contributed by atoms with Gasteiger partial charge in [0, 0.05) is 6.04 Å². The summed E-state index contributed by atoms with van der Waals surface area (Å²) in [5.74, 6) is 0. The van der Waals surface area contributed by atoms with E-state index in [4.69, 9.17) is 0 Å². The Morgan fingerprint density at radius 2 is 1.58 bits per heavy atom. The largest absolute Gasteiger partial charge is 0.389 e. The van der Waals surface area contributed by atoms with Crippen LogP contribution in [0.3, 0.4) is 0 Å². The molecular formula is C7H13NO4. The Morgan fingerprint density at radius 1 is 0.917 bits per heavy atom. The summed E-state index contributed by atoms with van der Waals surface area (Å²) in [6.07, 6.45) is -2.76. The van der Waals surface area contributed by atoms with E-state index in [2.05, 4.69) is 0 Å². The van der Waals surface area contributed by atoms with Crippen molar-refractivity contribution in [2.24, 2.45) is 0 Å². The molecule has 0 spiro atoms. The lowest BCUT2D eigenvalue weighted by molar-refractivity contribution is -0.104. The van der Waals surface area contributed by atoms with Crippen molar-refractivity contribution in [3.8, 4) is 0 Å². The van der Waals surface area contributed by atoms with Gasteiger partial charge in [-0.3, -0.25) is 0 Å². The first kappa shape index (κ1) is 8.40. The maximum Gasteiger partial charge on any atom is 0.138 e. The Hall–Kier alpha value is -0.200. The third-order valence-corrected chi connectivity index (χ3v) is 2.80. The van der Waals surface area contributed by atoms with Gasteiger partial charge in [0.1, 0.15) is 18.6 Å². The minimum Gasteiger partial charge on any atom is -0.389 e. The molecule has 4 N–H and O–H groups in total. The van der Waals surface area contributed by atoms with Crippen LogP contribution in [0.25, 0.3) is 0 Å². The Labute approximate surface area is 69.9 Å². The van der Waals surface area contributed by atoms with Gasteiger partial charge in [-0.2, -0.15) is 0 Å². The fourth-order valence-electron chi connectivity index (χ4n) is 2.14. The second-order valence-electron chi connectivity index (χ2n) is 3.47. The zero-order valence-corrected chi connectivity index (χ0v) is 6.54. The highest BCUT2D eigenvalue weighted by molar-refractivity contribution is 5.00. The Morgan fingerprint density at radius 3 is 2.17 bits per heavy atom. The van der Waals surface area contributed by atoms with Gasteiger partial charge in [-0.05, 0) is 12.8 Å². The number of aliphatic hydroxyl groups is 4. The summed E-state index contributed by atoms with van der Waals surface area (Å²) in [6, 6.07) is -0.287. The lowest BCUT2D eigenvalue weighted by atomic mass is 10.1. The molecule has 2 rings (SSSR count). The van der Waals surface area contributed by atoms with Crippen LogP contribution in [0.15, 0.2) is 0 Å². The van der Waals surface area contributed by atoms with Crippen molar-refractivity contribution in [3.05, 3.63) is 0 Å². The summed E-state index contributed by atoms with van der Waals surface area (Å²) in [7, 11) is 0. The number of nitrogens with zero attached hydrogens (tertiary/aromatic N) is 1. The van der Waals surface area contributed by atoms with Crippen molar-refractivity contribution >= 4 is 0 Å². The smallest absolute Gasteiger partial charge is 0.138 e. The Bertz CT molecular complexity index is 188. The molecule has 0 amide bonds. The Balaban J connectivity index is 2.20. The second-order valence-corrected chi connectivity index (χ2v) is 3.47. The molecular weight excluding hydrogens is 162 g/mol. The fraction of sp³-hybridized carbons (Fsp3) is 1.00. The topological polar surface area (TPSA) is 84.2 Å². The van der Waals surface area contributed by atoms with E-state index in [1.165, 1.54) is 4.90 Å². The van der Waals surface area contributed by atoms with Crippen molar-refractivity contribution < 1.29 is 20.4 Å². The standard InChI is InChI=1S/C7H13NO4/c9-4-2-1-3-5(10)6(11)7(12)8(3)4/h3-7,9-12H,1-2H2/t3?,4?,5-,6+,7?/m0/s1. The highest BCUT2D eigenvalue weighted by Crippen LogP contribution is 2.34. The minimum atomic E-state index is -1.15.